The first-order chi connectivity index (χ1) is 5.65. The Morgan fingerprint density at radius 2 is 2.17 bits per heavy atom. The molecule has 0 amide bonds. The second-order valence-corrected chi connectivity index (χ2v) is 2.57. The van der Waals surface area contributed by atoms with Crippen LogP contribution in [0.25, 0.3) is 0 Å². The Balaban J connectivity index is 3.04. The maximum absolute atomic E-state index is 13.0. The molecule has 0 radical (unpaired) electrons. The number of anilines is 1. The van der Waals surface area contributed by atoms with Crippen molar-refractivity contribution in [3.8, 4) is 0 Å². The predicted molar refractivity (Wildman–Crippen MR) is 44.8 cm³/mol. The second kappa shape index (κ2) is 3.51. The summed E-state index contributed by atoms with van der Waals surface area (Å²) in [4.78, 5) is 0. The minimum Gasteiger partial charge on any atom is -0.399 e. The molecule has 0 aliphatic heterocycles. The van der Waals surface area contributed by atoms with Gasteiger partial charge in [0.1, 0.15) is 5.82 Å². The molecule has 0 bridgehead atoms. The highest BCUT2D eigenvalue weighted by atomic mass is 19.1. The van der Waals surface area contributed by atoms with E-state index in [1.165, 1.54) is 18.2 Å². The number of nitrogen functional groups attached to an aromatic ring is 1. The summed E-state index contributed by atoms with van der Waals surface area (Å²) in [7, 11) is 0. The lowest BCUT2D eigenvalue weighted by Gasteiger charge is -2.09. The van der Waals surface area contributed by atoms with Crippen molar-refractivity contribution in [2.24, 2.45) is 5.73 Å². The third kappa shape index (κ3) is 1.72. The van der Waals surface area contributed by atoms with Crippen molar-refractivity contribution in [3.05, 3.63) is 29.6 Å². The molecule has 0 saturated heterocycles. The van der Waals surface area contributed by atoms with Crippen LogP contribution in [-0.4, -0.2) is 11.7 Å². The summed E-state index contributed by atoms with van der Waals surface area (Å²) in [5, 5.41) is 8.67. The van der Waals surface area contributed by atoms with Crippen LogP contribution in [0, 0.1) is 5.82 Å². The van der Waals surface area contributed by atoms with Gasteiger partial charge in [-0.15, -0.1) is 0 Å². The van der Waals surface area contributed by atoms with Crippen molar-refractivity contribution < 1.29 is 9.50 Å². The van der Waals surface area contributed by atoms with Crippen LogP contribution in [0.1, 0.15) is 11.6 Å². The van der Waals surface area contributed by atoms with E-state index in [-0.39, 0.29) is 12.2 Å². The summed E-state index contributed by atoms with van der Waals surface area (Å²) < 4.78 is 13.0. The zero-order valence-corrected chi connectivity index (χ0v) is 6.50. The summed E-state index contributed by atoms with van der Waals surface area (Å²) in [6.07, 6.45) is 0. The van der Waals surface area contributed by atoms with Crippen molar-refractivity contribution in [1.29, 1.82) is 0 Å². The number of rotatable bonds is 2. The van der Waals surface area contributed by atoms with Crippen LogP contribution in [0.15, 0.2) is 18.2 Å². The molecule has 0 fully saturated rings. The van der Waals surface area contributed by atoms with Gasteiger partial charge in [-0.1, -0.05) is 0 Å². The second-order valence-electron chi connectivity index (χ2n) is 2.57. The highest BCUT2D eigenvalue weighted by Crippen LogP contribution is 2.17. The van der Waals surface area contributed by atoms with Gasteiger partial charge in [-0.25, -0.2) is 4.39 Å². The fraction of sp³-hybridized carbons (Fsp3) is 0.250. The van der Waals surface area contributed by atoms with E-state index in [1.807, 2.05) is 0 Å². The predicted octanol–water partition coefficient (Wildman–Crippen LogP) is 0.400. The lowest BCUT2D eigenvalue weighted by Crippen LogP contribution is -2.16. The first kappa shape index (κ1) is 8.96. The van der Waals surface area contributed by atoms with Gasteiger partial charge in [-0.2, -0.15) is 0 Å². The van der Waals surface area contributed by atoms with E-state index in [0.29, 0.717) is 5.69 Å². The highest BCUT2D eigenvalue weighted by Gasteiger charge is 2.09. The van der Waals surface area contributed by atoms with Crippen molar-refractivity contribution in [2.45, 2.75) is 6.04 Å². The number of benzene rings is 1. The first-order valence-corrected chi connectivity index (χ1v) is 3.56. The Hall–Kier alpha value is -1.13. The van der Waals surface area contributed by atoms with Crippen LogP contribution in [0.4, 0.5) is 10.1 Å². The smallest absolute Gasteiger partial charge is 0.128 e. The van der Waals surface area contributed by atoms with E-state index >= 15 is 0 Å². The summed E-state index contributed by atoms with van der Waals surface area (Å²) in [6.45, 7) is -0.291. The molecule has 0 heterocycles. The van der Waals surface area contributed by atoms with E-state index in [4.69, 9.17) is 16.6 Å². The molecule has 0 aromatic heterocycles. The SMILES string of the molecule is Nc1ccc(F)c([C@H](N)CO)c1. The van der Waals surface area contributed by atoms with Gasteiger partial charge < -0.3 is 16.6 Å². The minimum absolute atomic E-state index is 0.248. The molecule has 12 heavy (non-hydrogen) atoms. The number of aliphatic hydroxyl groups is 1. The Bertz CT molecular complexity index is 278. The molecule has 1 atom stereocenters. The third-order valence-electron chi connectivity index (χ3n) is 1.62. The molecule has 1 aromatic rings. The molecular formula is C8H11FN2O. The van der Waals surface area contributed by atoms with Crippen molar-refractivity contribution in [3.63, 3.8) is 0 Å². The first-order valence-electron chi connectivity index (χ1n) is 3.56. The topological polar surface area (TPSA) is 72.3 Å². The fourth-order valence-electron chi connectivity index (χ4n) is 0.945. The largest absolute Gasteiger partial charge is 0.399 e. The molecule has 1 rings (SSSR count). The highest BCUT2D eigenvalue weighted by molar-refractivity contribution is 5.42. The minimum atomic E-state index is -0.700. The lowest BCUT2D eigenvalue weighted by atomic mass is 10.1. The van der Waals surface area contributed by atoms with E-state index in [9.17, 15) is 4.39 Å². The van der Waals surface area contributed by atoms with Crippen LogP contribution in [0.5, 0.6) is 0 Å². The van der Waals surface area contributed by atoms with Crippen LogP contribution in [0.3, 0.4) is 0 Å². The molecule has 66 valence electrons. The van der Waals surface area contributed by atoms with Gasteiger partial charge in [0.15, 0.2) is 0 Å². The van der Waals surface area contributed by atoms with E-state index in [2.05, 4.69) is 0 Å². The average molecular weight is 170 g/mol. The molecule has 3 nitrogen and oxygen atoms in total. The Kier molecular flexibility index (Phi) is 2.62. The summed E-state index contributed by atoms with van der Waals surface area (Å²) >= 11 is 0. The van der Waals surface area contributed by atoms with Crippen LogP contribution in [-0.2, 0) is 0 Å². The average Bonchev–Trinajstić information content (AvgIpc) is 2.08. The van der Waals surface area contributed by atoms with Crippen molar-refractivity contribution in [2.75, 3.05) is 12.3 Å². The summed E-state index contributed by atoms with van der Waals surface area (Å²) in [5.41, 5.74) is 11.5. The van der Waals surface area contributed by atoms with Gasteiger partial charge in [0.05, 0.1) is 12.6 Å². The molecule has 0 unspecified atom stereocenters. The number of aliphatic hydroxyl groups excluding tert-OH is 1. The molecule has 5 N–H and O–H groups in total. The maximum atomic E-state index is 13.0. The quantitative estimate of drug-likeness (QED) is 0.562. The van der Waals surface area contributed by atoms with Gasteiger partial charge in [0, 0.05) is 11.3 Å². The van der Waals surface area contributed by atoms with E-state index in [0.717, 1.165) is 0 Å². The Labute approximate surface area is 69.8 Å². The Morgan fingerprint density at radius 1 is 1.50 bits per heavy atom. The van der Waals surface area contributed by atoms with Gasteiger partial charge in [0.2, 0.25) is 0 Å². The standard InChI is InChI=1S/C8H11FN2O/c9-7-2-1-5(10)3-6(7)8(11)4-12/h1-3,8,12H,4,10-11H2/t8-/m1/s1. The van der Waals surface area contributed by atoms with Gasteiger partial charge in [-0.3, -0.25) is 0 Å². The summed E-state index contributed by atoms with van der Waals surface area (Å²) in [6, 6.07) is 3.41. The number of halogens is 1. The fourth-order valence-corrected chi connectivity index (χ4v) is 0.945. The molecule has 0 spiro atoms. The van der Waals surface area contributed by atoms with Crippen LogP contribution < -0.4 is 11.5 Å². The molecule has 0 saturated carbocycles. The van der Waals surface area contributed by atoms with Gasteiger partial charge in [0.25, 0.3) is 0 Å². The number of nitrogens with two attached hydrogens (primary N) is 2. The Morgan fingerprint density at radius 3 is 2.75 bits per heavy atom. The van der Waals surface area contributed by atoms with Crippen LogP contribution in [0.2, 0.25) is 0 Å². The van der Waals surface area contributed by atoms with E-state index in [1.54, 1.807) is 0 Å². The summed E-state index contributed by atoms with van der Waals surface area (Å²) in [5.74, 6) is -0.439. The molecule has 4 heteroatoms. The number of hydrogen-bond donors (Lipinski definition) is 3. The third-order valence-corrected chi connectivity index (χ3v) is 1.62. The van der Waals surface area contributed by atoms with Crippen molar-refractivity contribution in [1.82, 2.24) is 0 Å². The van der Waals surface area contributed by atoms with Crippen molar-refractivity contribution >= 4 is 5.69 Å². The zero-order valence-electron chi connectivity index (χ0n) is 6.50. The lowest BCUT2D eigenvalue weighted by molar-refractivity contribution is 0.265. The van der Waals surface area contributed by atoms with Gasteiger partial charge >= 0.3 is 0 Å². The normalized spacial score (nSPS) is 12.9. The molecule has 1 aromatic carbocycles. The molecular weight excluding hydrogens is 159 g/mol. The van der Waals surface area contributed by atoms with E-state index < -0.39 is 11.9 Å². The molecule has 0 aliphatic rings. The van der Waals surface area contributed by atoms with Crippen LogP contribution >= 0.6 is 0 Å². The monoisotopic (exact) mass is 170 g/mol. The maximum Gasteiger partial charge on any atom is 0.128 e. The van der Waals surface area contributed by atoms with Gasteiger partial charge in [-0.05, 0) is 18.2 Å². The number of hydrogen-bond acceptors (Lipinski definition) is 3. The zero-order chi connectivity index (χ0) is 9.14. The molecule has 0 aliphatic carbocycles.